The number of carbonyl (C=O) groups is 1. The van der Waals surface area contributed by atoms with Gasteiger partial charge in [-0.1, -0.05) is 18.1 Å². The van der Waals surface area contributed by atoms with Gasteiger partial charge in [-0.25, -0.2) is 0 Å². The Hall–Kier alpha value is -3.01. The average molecular weight is 473 g/mol. The molecule has 0 radical (unpaired) electrons. The number of piperidine rings is 1. The lowest BCUT2D eigenvalue weighted by molar-refractivity contribution is -0.213. The second-order valence-corrected chi connectivity index (χ2v) is 10.9. The number of benzene rings is 2. The first-order valence-corrected chi connectivity index (χ1v) is 12.5. The number of nitrogens with zero attached hydrogens (tertiary/aromatic N) is 2. The molecule has 6 rings (SSSR count). The van der Waals surface area contributed by atoms with Gasteiger partial charge in [-0.05, 0) is 88.0 Å². The molecule has 6 heteroatoms. The van der Waals surface area contributed by atoms with Crippen LogP contribution in [-0.4, -0.2) is 70.3 Å². The van der Waals surface area contributed by atoms with Crippen LogP contribution >= 0.6 is 0 Å². The van der Waals surface area contributed by atoms with Crippen LogP contribution in [0.1, 0.15) is 47.1 Å². The number of rotatable bonds is 1. The van der Waals surface area contributed by atoms with E-state index in [9.17, 15) is 15.0 Å². The Kier molecular flexibility index (Phi) is 4.81. The van der Waals surface area contributed by atoms with E-state index >= 15 is 0 Å². The quantitative estimate of drug-likeness (QED) is 0.625. The van der Waals surface area contributed by atoms with Gasteiger partial charge < -0.3 is 24.7 Å². The molecule has 4 aliphatic rings. The molecule has 5 atom stereocenters. The summed E-state index contributed by atoms with van der Waals surface area (Å²) in [7, 11) is 3.82. The molecule has 1 saturated heterocycles. The fourth-order valence-electron chi connectivity index (χ4n) is 7.42. The van der Waals surface area contributed by atoms with E-state index < -0.39 is 17.1 Å². The summed E-state index contributed by atoms with van der Waals surface area (Å²) in [6.45, 7) is 4.92. The van der Waals surface area contributed by atoms with Gasteiger partial charge in [-0.3, -0.25) is 4.79 Å². The minimum Gasteiger partial charge on any atom is -0.504 e. The standard InChI is InChI=1S/C29H32N2O4/c1-17-5-6-19(15-18(17)2)7-12-25(33)31(4)22-10-11-24-28-13-14-30(3)23(29(22,28)34)16-20-8-9-21(32)27(35-24)26(20)28/h5-6,8-9,15,22-24,32,34H,10-11,13-14,16H2,1-4H3/t22-,23+,24-,28+,29+/m0/s1. The van der Waals surface area contributed by atoms with E-state index in [2.05, 4.69) is 30.7 Å². The summed E-state index contributed by atoms with van der Waals surface area (Å²) >= 11 is 0. The lowest BCUT2D eigenvalue weighted by Gasteiger charge is -2.65. The van der Waals surface area contributed by atoms with Gasteiger partial charge in [0.25, 0.3) is 5.91 Å². The number of aromatic hydroxyl groups is 1. The summed E-state index contributed by atoms with van der Waals surface area (Å²) in [6, 6.07) is 9.06. The number of hydrogen-bond acceptors (Lipinski definition) is 5. The molecule has 2 N–H and O–H groups in total. The molecule has 2 aliphatic carbocycles. The van der Waals surface area contributed by atoms with Crippen LogP contribution in [-0.2, 0) is 16.6 Å². The summed E-state index contributed by atoms with van der Waals surface area (Å²) in [5.41, 5.74) is 3.37. The number of amides is 1. The van der Waals surface area contributed by atoms with Crippen molar-refractivity contribution in [2.75, 3.05) is 20.6 Å². The van der Waals surface area contributed by atoms with Crippen molar-refractivity contribution in [3.63, 3.8) is 0 Å². The van der Waals surface area contributed by atoms with Crippen molar-refractivity contribution in [3.8, 4) is 23.3 Å². The molecule has 1 spiro atoms. The van der Waals surface area contributed by atoms with Crippen LogP contribution in [0, 0.1) is 25.7 Å². The van der Waals surface area contributed by atoms with E-state index in [0.29, 0.717) is 25.0 Å². The Bertz CT molecular complexity index is 1310. The van der Waals surface area contributed by atoms with E-state index in [-0.39, 0.29) is 23.8 Å². The molecule has 2 aliphatic heterocycles. The molecule has 35 heavy (non-hydrogen) atoms. The maximum absolute atomic E-state index is 13.3. The van der Waals surface area contributed by atoms with Crippen molar-refractivity contribution in [1.29, 1.82) is 0 Å². The molecule has 6 nitrogen and oxygen atoms in total. The first-order chi connectivity index (χ1) is 16.7. The van der Waals surface area contributed by atoms with Crippen molar-refractivity contribution in [1.82, 2.24) is 9.80 Å². The molecule has 2 aromatic carbocycles. The third-order valence-electron chi connectivity index (χ3n) is 9.32. The first kappa shape index (κ1) is 22.5. The SMILES string of the molecule is Cc1ccc(C#CC(=O)N(C)[C@H]2CC[C@@H]3Oc4c(O)ccc5c4[C@@]34CCN(C)[C@H](C5)[C@]24O)cc1C. The summed E-state index contributed by atoms with van der Waals surface area (Å²) in [5.74, 6) is 6.21. The highest BCUT2D eigenvalue weighted by Crippen LogP contribution is 2.65. The van der Waals surface area contributed by atoms with Gasteiger partial charge >= 0.3 is 0 Å². The van der Waals surface area contributed by atoms with E-state index in [1.807, 2.05) is 31.2 Å². The fraction of sp³-hybridized carbons (Fsp3) is 0.483. The smallest absolute Gasteiger partial charge is 0.298 e. The van der Waals surface area contributed by atoms with Crippen LogP contribution in [0.2, 0.25) is 0 Å². The molecule has 182 valence electrons. The molecular weight excluding hydrogens is 440 g/mol. The van der Waals surface area contributed by atoms with Crippen molar-refractivity contribution in [3.05, 3.63) is 58.1 Å². The third-order valence-corrected chi connectivity index (χ3v) is 9.32. The zero-order valence-electron chi connectivity index (χ0n) is 20.8. The number of phenolic OH excluding ortho intramolecular Hbond substituents is 1. The predicted molar refractivity (Wildman–Crippen MR) is 132 cm³/mol. The monoisotopic (exact) mass is 472 g/mol. The van der Waals surface area contributed by atoms with Crippen LogP contribution in [0.25, 0.3) is 0 Å². The van der Waals surface area contributed by atoms with Crippen LogP contribution in [0.4, 0.5) is 0 Å². The minimum absolute atomic E-state index is 0.132. The van der Waals surface area contributed by atoms with Gasteiger partial charge in [0.1, 0.15) is 11.7 Å². The third kappa shape index (κ3) is 2.83. The highest BCUT2D eigenvalue weighted by molar-refractivity contribution is 5.94. The molecule has 0 unspecified atom stereocenters. The number of phenols is 1. The van der Waals surface area contributed by atoms with Crippen molar-refractivity contribution in [2.45, 2.75) is 68.7 Å². The largest absolute Gasteiger partial charge is 0.504 e. The van der Waals surface area contributed by atoms with E-state index in [0.717, 1.165) is 35.2 Å². The van der Waals surface area contributed by atoms with Crippen molar-refractivity contribution < 1.29 is 19.7 Å². The maximum atomic E-state index is 13.3. The minimum atomic E-state index is -1.21. The molecular formula is C29H32N2O4. The summed E-state index contributed by atoms with van der Waals surface area (Å²) < 4.78 is 6.36. The number of ether oxygens (including phenoxy) is 1. The van der Waals surface area contributed by atoms with Gasteiger partial charge in [0, 0.05) is 30.1 Å². The molecule has 1 saturated carbocycles. The lowest BCUT2D eigenvalue weighted by atomic mass is 9.47. The average Bonchev–Trinajstić information content (AvgIpc) is 3.18. The van der Waals surface area contributed by atoms with Gasteiger partial charge in [0.05, 0.1) is 11.5 Å². The lowest BCUT2D eigenvalue weighted by Crippen LogP contribution is -2.81. The molecule has 0 aromatic heterocycles. The highest BCUT2D eigenvalue weighted by atomic mass is 16.5. The molecule has 2 heterocycles. The number of aryl methyl sites for hydroxylation is 2. The zero-order valence-corrected chi connectivity index (χ0v) is 20.8. The van der Waals surface area contributed by atoms with Gasteiger partial charge in [0.2, 0.25) is 0 Å². The van der Waals surface area contributed by atoms with Crippen LogP contribution in [0.5, 0.6) is 11.5 Å². The van der Waals surface area contributed by atoms with Gasteiger partial charge in [0.15, 0.2) is 11.5 Å². The van der Waals surface area contributed by atoms with Crippen LogP contribution in [0.3, 0.4) is 0 Å². The molecule has 2 bridgehead atoms. The van der Waals surface area contributed by atoms with E-state index in [1.165, 1.54) is 5.56 Å². The molecule has 2 fully saturated rings. The predicted octanol–water partition coefficient (Wildman–Crippen LogP) is 2.67. The highest BCUT2D eigenvalue weighted by Gasteiger charge is 2.74. The number of hydrogen-bond donors (Lipinski definition) is 2. The normalized spacial score (nSPS) is 32.2. The first-order valence-electron chi connectivity index (χ1n) is 12.5. The Morgan fingerprint density at radius 2 is 2.00 bits per heavy atom. The van der Waals surface area contributed by atoms with Gasteiger partial charge in [-0.2, -0.15) is 0 Å². The number of carbonyl (C=O) groups excluding carboxylic acids is 1. The number of likely N-dealkylation sites (tertiary alicyclic amines) is 1. The summed E-state index contributed by atoms with van der Waals surface area (Å²) in [5, 5.41) is 23.4. The summed E-state index contributed by atoms with van der Waals surface area (Å²) in [6.07, 6.45) is 2.48. The Morgan fingerprint density at radius 1 is 1.20 bits per heavy atom. The van der Waals surface area contributed by atoms with Gasteiger partial charge in [-0.15, -0.1) is 0 Å². The second-order valence-electron chi connectivity index (χ2n) is 10.9. The van der Waals surface area contributed by atoms with Crippen LogP contribution < -0.4 is 4.74 Å². The van der Waals surface area contributed by atoms with Crippen molar-refractivity contribution in [2.24, 2.45) is 0 Å². The Balaban J connectivity index is 1.41. The summed E-state index contributed by atoms with van der Waals surface area (Å²) in [4.78, 5) is 17.2. The van der Waals surface area contributed by atoms with Crippen molar-refractivity contribution >= 4 is 5.91 Å². The van der Waals surface area contributed by atoms with Crippen LogP contribution in [0.15, 0.2) is 30.3 Å². The Labute approximate surface area is 206 Å². The zero-order chi connectivity index (χ0) is 24.7. The fourth-order valence-corrected chi connectivity index (χ4v) is 7.42. The number of likely N-dealkylation sites (N-methyl/N-ethyl adjacent to an activating group) is 2. The van der Waals surface area contributed by atoms with E-state index in [4.69, 9.17) is 4.74 Å². The topological polar surface area (TPSA) is 73.2 Å². The Morgan fingerprint density at radius 3 is 2.77 bits per heavy atom. The second kappa shape index (κ2) is 7.49. The van der Waals surface area contributed by atoms with E-state index in [1.54, 1.807) is 18.0 Å². The molecule has 2 aromatic rings. The molecule has 1 amide bonds. The maximum Gasteiger partial charge on any atom is 0.298 e. The number of aliphatic hydroxyl groups is 1.